The van der Waals surface area contributed by atoms with Gasteiger partial charge >= 0.3 is 6.09 Å². The van der Waals surface area contributed by atoms with Crippen molar-refractivity contribution in [1.82, 2.24) is 15.2 Å². The second-order valence-electron chi connectivity index (χ2n) is 8.37. The van der Waals surface area contributed by atoms with Crippen molar-refractivity contribution in [2.45, 2.75) is 38.8 Å². The summed E-state index contributed by atoms with van der Waals surface area (Å²) >= 11 is 7.11. The van der Waals surface area contributed by atoms with E-state index in [-0.39, 0.29) is 29.5 Å². The summed E-state index contributed by atoms with van der Waals surface area (Å²) in [6.07, 6.45) is 3.42. The maximum absolute atomic E-state index is 14.3. The fourth-order valence-corrected chi connectivity index (χ4v) is 4.88. The number of ether oxygens (including phenoxy) is 1. The van der Waals surface area contributed by atoms with Crippen LogP contribution in [0, 0.1) is 12.7 Å². The summed E-state index contributed by atoms with van der Waals surface area (Å²) in [7, 11) is 0. The first kappa shape index (κ1) is 24.9. The van der Waals surface area contributed by atoms with E-state index in [1.54, 1.807) is 29.6 Å². The molecule has 3 aromatic rings. The Balaban J connectivity index is 0.000000239. The number of hydrogen-bond acceptors (Lipinski definition) is 6. The van der Waals surface area contributed by atoms with Gasteiger partial charge in [0.25, 0.3) is 5.91 Å². The van der Waals surface area contributed by atoms with Crippen molar-refractivity contribution in [3.8, 4) is 16.3 Å². The molecule has 2 amide bonds. The second kappa shape index (κ2) is 11.0. The summed E-state index contributed by atoms with van der Waals surface area (Å²) in [4.78, 5) is 29.2. The van der Waals surface area contributed by atoms with E-state index in [2.05, 4.69) is 10.3 Å². The van der Waals surface area contributed by atoms with Crippen molar-refractivity contribution in [2.75, 3.05) is 13.2 Å². The van der Waals surface area contributed by atoms with Gasteiger partial charge in [-0.2, -0.15) is 0 Å². The Hall–Kier alpha value is -3.17. The molecule has 0 bridgehead atoms. The number of cyclic esters (lactones) is 1. The van der Waals surface area contributed by atoms with Crippen LogP contribution in [0.1, 0.15) is 40.9 Å². The molecule has 1 unspecified atom stereocenters. The molecular formula is C25H25ClFN3O4S. The molecule has 2 aliphatic heterocycles. The number of hydrogen-bond donors (Lipinski definition) is 2. The van der Waals surface area contributed by atoms with Gasteiger partial charge in [-0.05, 0) is 56.0 Å². The predicted molar refractivity (Wildman–Crippen MR) is 132 cm³/mol. The first-order valence-electron chi connectivity index (χ1n) is 11.2. The molecule has 2 saturated heterocycles. The number of benzene rings is 2. The van der Waals surface area contributed by atoms with Crippen LogP contribution in [-0.4, -0.2) is 46.2 Å². The molecule has 7 nitrogen and oxygen atoms in total. The van der Waals surface area contributed by atoms with Crippen molar-refractivity contribution in [3.63, 3.8) is 0 Å². The van der Waals surface area contributed by atoms with Gasteiger partial charge in [0.1, 0.15) is 23.2 Å². The Morgan fingerprint density at radius 1 is 1.31 bits per heavy atom. The average Bonchev–Trinajstić information content (AvgIpc) is 3.46. The number of carbonyl (C=O) groups excluding carboxylic acids is 2. The van der Waals surface area contributed by atoms with Crippen LogP contribution in [0.15, 0.2) is 41.8 Å². The number of nitrogens with one attached hydrogen (secondary N) is 1. The van der Waals surface area contributed by atoms with Gasteiger partial charge in [0.2, 0.25) is 0 Å². The number of halogens is 2. The Kier molecular flexibility index (Phi) is 7.87. The molecule has 2 aromatic carbocycles. The van der Waals surface area contributed by atoms with Gasteiger partial charge in [-0.15, -0.1) is 11.3 Å². The van der Waals surface area contributed by atoms with Gasteiger partial charge in [0.15, 0.2) is 0 Å². The smallest absolute Gasteiger partial charge is 0.410 e. The predicted octanol–water partition coefficient (Wildman–Crippen LogP) is 5.54. The molecule has 1 atom stereocenters. The maximum Gasteiger partial charge on any atom is 0.410 e. The lowest BCUT2D eigenvalue weighted by Crippen LogP contribution is -2.37. The molecule has 35 heavy (non-hydrogen) atoms. The van der Waals surface area contributed by atoms with Gasteiger partial charge < -0.3 is 20.1 Å². The number of rotatable bonds is 4. The molecule has 2 aliphatic rings. The summed E-state index contributed by atoms with van der Waals surface area (Å²) in [6, 6.07) is 9.61. The van der Waals surface area contributed by atoms with E-state index < -0.39 is 11.7 Å². The Morgan fingerprint density at radius 2 is 2.09 bits per heavy atom. The summed E-state index contributed by atoms with van der Waals surface area (Å²) < 4.78 is 19.2. The zero-order valence-electron chi connectivity index (χ0n) is 19.1. The molecule has 10 heteroatoms. The molecule has 0 spiro atoms. The summed E-state index contributed by atoms with van der Waals surface area (Å²) in [5, 5.41) is 15.7. The van der Waals surface area contributed by atoms with E-state index in [1.807, 2.05) is 11.8 Å². The summed E-state index contributed by atoms with van der Waals surface area (Å²) in [5.74, 6) is -1.51. The quantitative estimate of drug-likeness (QED) is 0.474. The van der Waals surface area contributed by atoms with E-state index in [4.69, 9.17) is 16.3 Å². The summed E-state index contributed by atoms with van der Waals surface area (Å²) in [5.41, 5.74) is 1.66. The number of aromatic hydroxyl groups is 1. The topological polar surface area (TPSA) is 91.8 Å². The Labute approximate surface area is 211 Å². The second-order valence-corrected chi connectivity index (χ2v) is 9.67. The average molecular weight is 518 g/mol. The highest BCUT2D eigenvalue weighted by Crippen LogP contribution is 2.33. The van der Waals surface area contributed by atoms with E-state index in [0.717, 1.165) is 42.8 Å². The molecule has 0 aliphatic carbocycles. The van der Waals surface area contributed by atoms with Gasteiger partial charge in [0.05, 0.1) is 17.2 Å². The molecule has 0 radical (unpaired) electrons. The Bertz CT molecular complexity index is 1220. The third-order valence-corrected chi connectivity index (χ3v) is 7.05. The number of thiazole rings is 1. The molecule has 5 rings (SSSR count). The van der Waals surface area contributed by atoms with Crippen LogP contribution < -0.4 is 5.32 Å². The molecule has 2 fully saturated rings. The van der Waals surface area contributed by atoms with Crippen LogP contribution in [0.5, 0.6) is 5.75 Å². The monoisotopic (exact) mass is 517 g/mol. The van der Waals surface area contributed by atoms with E-state index in [0.29, 0.717) is 22.7 Å². The molecule has 3 heterocycles. The fourth-order valence-electron chi connectivity index (χ4n) is 3.93. The lowest BCUT2D eigenvalue weighted by Gasteiger charge is -2.25. The van der Waals surface area contributed by atoms with Crippen LogP contribution in [0.2, 0.25) is 5.02 Å². The number of aromatic nitrogens is 1. The lowest BCUT2D eigenvalue weighted by atomic mass is 10.0. The molecule has 1 aromatic heterocycles. The van der Waals surface area contributed by atoms with Crippen molar-refractivity contribution in [3.05, 3.63) is 69.4 Å². The number of carbonyl (C=O) groups is 2. The standard InChI is InChI=1S/C18H14ClFN2O2S.C7H11NO2/c1-10-9-25-18(22-10)14-6-15(20)13(7-16(14)23)17(24)21-8-11-2-4-12(19)5-3-11;9-7-8-4-2-1-3-6(8)5-10-7/h2-7,9,23H,8H2,1H3,(H,21,24);6H,1-5H2. The van der Waals surface area contributed by atoms with Crippen molar-refractivity contribution >= 4 is 34.9 Å². The number of amides is 2. The van der Waals surface area contributed by atoms with E-state index >= 15 is 0 Å². The van der Waals surface area contributed by atoms with Crippen LogP contribution >= 0.6 is 22.9 Å². The lowest BCUT2D eigenvalue weighted by molar-refractivity contribution is 0.0946. The number of nitrogens with zero attached hydrogens (tertiary/aromatic N) is 2. The van der Waals surface area contributed by atoms with E-state index in [9.17, 15) is 19.1 Å². The zero-order valence-corrected chi connectivity index (χ0v) is 20.7. The van der Waals surface area contributed by atoms with Crippen molar-refractivity contribution in [2.24, 2.45) is 0 Å². The van der Waals surface area contributed by atoms with Gasteiger partial charge in [0, 0.05) is 29.2 Å². The normalized spacial score (nSPS) is 16.7. The largest absolute Gasteiger partial charge is 0.507 e. The number of fused-ring (bicyclic) bond motifs is 1. The van der Waals surface area contributed by atoms with Gasteiger partial charge in [-0.3, -0.25) is 4.79 Å². The van der Waals surface area contributed by atoms with Crippen LogP contribution in [-0.2, 0) is 11.3 Å². The maximum atomic E-state index is 14.3. The van der Waals surface area contributed by atoms with Crippen LogP contribution in [0.25, 0.3) is 10.6 Å². The Morgan fingerprint density at radius 3 is 2.77 bits per heavy atom. The van der Waals surface area contributed by atoms with Gasteiger partial charge in [-0.1, -0.05) is 23.7 Å². The number of phenolic OH excluding ortho intramolecular Hbond substituents is 1. The van der Waals surface area contributed by atoms with E-state index in [1.165, 1.54) is 17.8 Å². The SMILES string of the molecule is Cc1csc(-c2cc(F)c(C(=O)NCc3ccc(Cl)cc3)cc2O)n1.O=C1OCC2CCCCN12. The number of aryl methyl sites for hydroxylation is 1. The minimum Gasteiger partial charge on any atom is -0.507 e. The minimum absolute atomic E-state index is 0.107. The molecule has 2 N–H and O–H groups in total. The zero-order chi connectivity index (χ0) is 24.9. The van der Waals surface area contributed by atoms with Crippen molar-refractivity contribution in [1.29, 1.82) is 0 Å². The fraction of sp³-hybridized carbons (Fsp3) is 0.320. The molecular weight excluding hydrogens is 493 g/mol. The minimum atomic E-state index is -0.714. The van der Waals surface area contributed by atoms with Gasteiger partial charge in [-0.25, -0.2) is 14.2 Å². The molecule has 0 saturated carbocycles. The summed E-state index contributed by atoms with van der Waals surface area (Å²) in [6.45, 7) is 3.57. The third kappa shape index (κ3) is 6.10. The van der Waals surface area contributed by atoms with Crippen LogP contribution in [0.4, 0.5) is 9.18 Å². The first-order chi connectivity index (χ1) is 16.8. The number of piperidine rings is 1. The molecule has 184 valence electrons. The highest BCUT2D eigenvalue weighted by molar-refractivity contribution is 7.13. The highest BCUT2D eigenvalue weighted by Gasteiger charge is 2.34. The third-order valence-electron chi connectivity index (χ3n) is 5.81. The van der Waals surface area contributed by atoms with Crippen molar-refractivity contribution < 1.29 is 23.8 Å². The first-order valence-corrected chi connectivity index (χ1v) is 12.5. The number of phenols is 1. The highest BCUT2D eigenvalue weighted by atomic mass is 35.5. The van der Waals surface area contributed by atoms with Crippen LogP contribution in [0.3, 0.4) is 0 Å².